The van der Waals surface area contributed by atoms with E-state index in [4.69, 9.17) is 9.84 Å². The van der Waals surface area contributed by atoms with Gasteiger partial charge in [0.2, 0.25) is 12.3 Å². The van der Waals surface area contributed by atoms with E-state index in [1.165, 1.54) is 17.0 Å². The van der Waals surface area contributed by atoms with E-state index < -0.39 is 157 Å². The van der Waals surface area contributed by atoms with Gasteiger partial charge in [0.1, 0.15) is 58.9 Å². The molecule has 0 radical (unpaired) electrons. The predicted octanol–water partition coefficient (Wildman–Crippen LogP) is 6.56. The maximum Gasteiger partial charge on any atom is 0.387 e. The Morgan fingerprint density at radius 1 is 0.477 bits per heavy atom. The number of carbonyl (C=O) groups is 2. The van der Waals surface area contributed by atoms with E-state index in [9.17, 15) is 62.3 Å². The molecule has 0 bridgehead atoms. The van der Waals surface area contributed by atoms with Crippen molar-refractivity contribution in [3.05, 3.63) is 171 Å². The molecule has 27 heteroatoms. The van der Waals surface area contributed by atoms with Crippen molar-refractivity contribution in [2.45, 2.75) is 6.54 Å². The van der Waals surface area contributed by atoms with Gasteiger partial charge in [-0.15, -0.1) is 21.9 Å². The van der Waals surface area contributed by atoms with Gasteiger partial charge in [-0.05, 0) is 0 Å². The van der Waals surface area contributed by atoms with Gasteiger partial charge in [-0.2, -0.15) is 4.57 Å². The van der Waals surface area contributed by atoms with Gasteiger partial charge < -0.3 is 9.84 Å². The summed E-state index contributed by atoms with van der Waals surface area (Å²) in [7, 11) is 0. The number of aromatic nitrogens is 2. The number of hydrogen-bond donors (Lipinski definition) is 1. The van der Waals surface area contributed by atoms with Crippen LogP contribution in [0.2, 0.25) is 0 Å². The molecule has 65 heavy (non-hydrogen) atoms. The summed E-state index contributed by atoms with van der Waals surface area (Å²) < 4.78 is 301. The molecule has 0 amide bonds. The Morgan fingerprint density at radius 2 is 0.769 bits per heavy atom. The summed E-state index contributed by atoms with van der Waals surface area (Å²) in [5.41, 5.74) is -13.7. The highest BCUT2D eigenvalue weighted by atomic mass is 19.2. The van der Waals surface area contributed by atoms with Crippen LogP contribution in [0.1, 0.15) is 10.4 Å². The lowest BCUT2D eigenvalue weighted by Gasteiger charge is -2.44. The van der Waals surface area contributed by atoms with Crippen molar-refractivity contribution in [2.75, 3.05) is 6.61 Å². The highest BCUT2D eigenvalue weighted by molar-refractivity contribution is 7.20. The van der Waals surface area contributed by atoms with Gasteiger partial charge in [-0.25, -0.2) is 97.6 Å². The van der Waals surface area contributed by atoms with Gasteiger partial charge in [0.15, 0.2) is 82.6 Å². The number of ether oxygens (including phenoxy) is 1. The quantitative estimate of drug-likeness (QED) is 0.0421. The van der Waals surface area contributed by atoms with Crippen molar-refractivity contribution in [1.29, 1.82) is 0 Å². The summed E-state index contributed by atoms with van der Waals surface area (Å²) in [6.45, 7) is -0.424. The number of carbonyl (C=O) groups excluding carboxylic acids is 1. The van der Waals surface area contributed by atoms with E-state index in [1.54, 1.807) is 30.5 Å². The summed E-state index contributed by atoms with van der Waals surface area (Å²) >= 11 is 0. The lowest BCUT2D eigenvalue weighted by Crippen LogP contribution is -2.81. The Morgan fingerprint density at radius 3 is 1.06 bits per heavy atom. The molecule has 0 spiro atoms. The standard InChI is InChI=1S/C24BF20.C14H12N2O4/c26-5-1(6(27)14(35)21(42)13(5)34)25(2-7(28)15(36)22(43)16(37)8(2)29,3-9(30)17(38)23(44)18(39)10(3)31)4-11(32)19(40)24(45)20(41)12(4)33;17-12(11-4-2-1-3-5-11)9-16-7-6-15-8-13(16)20-10-14(18)19/h;1-8H,9-10H2/q-1;/p+1. The molecule has 6 rings (SSSR count). The van der Waals surface area contributed by atoms with Crippen LogP contribution >= 0.6 is 0 Å². The molecule has 1 aromatic heterocycles. The molecule has 1 N–H and O–H groups in total. The highest BCUT2D eigenvalue weighted by Crippen LogP contribution is 2.30. The van der Waals surface area contributed by atoms with Crippen LogP contribution in [0.5, 0.6) is 5.88 Å². The molecule has 0 unspecified atom stereocenters. The van der Waals surface area contributed by atoms with Gasteiger partial charge in [-0.3, -0.25) is 4.79 Å². The van der Waals surface area contributed by atoms with E-state index in [0.29, 0.717) is 5.56 Å². The van der Waals surface area contributed by atoms with Gasteiger partial charge >= 0.3 is 11.8 Å². The molecule has 5 aromatic carbocycles. The lowest BCUT2D eigenvalue weighted by molar-refractivity contribution is -0.688. The van der Waals surface area contributed by atoms with Crippen LogP contribution in [-0.2, 0) is 11.3 Å². The number of aliphatic carboxylic acids is 1. The molecular weight excluding hydrogens is 939 g/mol. The first-order valence-corrected chi connectivity index (χ1v) is 16.9. The van der Waals surface area contributed by atoms with Gasteiger partial charge in [-0.1, -0.05) is 30.3 Å². The fourth-order valence-electron chi connectivity index (χ4n) is 6.50. The third-order valence-electron chi connectivity index (χ3n) is 9.26. The third-order valence-corrected chi connectivity index (χ3v) is 9.26. The molecule has 342 valence electrons. The van der Waals surface area contributed by atoms with Crippen molar-refractivity contribution >= 4 is 39.7 Å². The zero-order valence-electron chi connectivity index (χ0n) is 30.7. The fraction of sp³-hybridized carbons (Fsp3) is 0.0526. The number of nitrogens with zero attached hydrogens (tertiary/aromatic N) is 2. The smallest absolute Gasteiger partial charge is 0.387 e. The van der Waals surface area contributed by atoms with Crippen LogP contribution in [-0.4, -0.2) is 34.6 Å². The number of carboxylic acid groups (broad SMARTS) is 1. The predicted molar refractivity (Wildman–Crippen MR) is 178 cm³/mol. The van der Waals surface area contributed by atoms with Gasteiger partial charge in [0.05, 0.1) is 6.20 Å². The van der Waals surface area contributed by atoms with Crippen LogP contribution in [0.15, 0.2) is 48.9 Å². The minimum atomic E-state index is -7.22. The van der Waals surface area contributed by atoms with E-state index in [1.807, 2.05) is 6.07 Å². The summed E-state index contributed by atoms with van der Waals surface area (Å²) in [4.78, 5) is 26.5. The van der Waals surface area contributed by atoms with E-state index in [0.717, 1.165) is 0 Å². The Balaban J connectivity index is 0.000000330. The van der Waals surface area contributed by atoms with Crippen LogP contribution in [0.25, 0.3) is 0 Å². The van der Waals surface area contributed by atoms with Crippen LogP contribution < -0.4 is 31.2 Å². The molecule has 0 aliphatic carbocycles. The van der Waals surface area contributed by atoms with Crippen molar-refractivity contribution in [3.63, 3.8) is 0 Å². The SMILES string of the molecule is Fc1c(F)c(F)c([B-](c2c(F)c(F)c(F)c(F)c2F)(c2c(F)c(F)c(F)c(F)c2F)c2c(F)c(F)c(F)c(F)c2F)c(F)c1F.O=C(O)COc1cncc[n+]1CC(=O)c1ccccc1. The molecule has 6 nitrogen and oxygen atoms in total. The second-order valence-corrected chi connectivity index (χ2v) is 12.8. The van der Waals surface area contributed by atoms with Crippen molar-refractivity contribution in [3.8, 4) is 5.88 Å². The Bertz CT molecular complexity index is 2540. The second kappa shape index (κ2) is 18.5. The number of rotatable bonds is 10. The van der Waals surface area contributed by atoms with Gasteiger partial charge in [0.25, 0.3) is 0 Å². The number of carboxylic acids is 1. The first-order valence-electron chi connectivity index (χ1n) is 16.9. The summed E-state index contributed by atoms with van der Waals surface area (Å²) in [5, 5.41) is 8.60. The van der Waals surface area contributed by atoms with E-state index in [2.05, 4.69) is 4.98 Å². The minimum Gasteiger partial charge on any atom is -0.479 e. The highest BCUT2D eigenvalue weighted by Gasteiger charge is 2.52. The Hall–Kier alpha value is -7.22. The molecule has 0 saturated carbocycles. The maximum atomic E-state index is 15.4. The fourth-order valence-corrected chi connectivity index (χ4v) is 6.50. The molecular formula is C38H13BF20N2O4. The molecule has 6 aromatic rings. The summed E-state index contributed by atoms with van der Waals surface area (Å²) in [5.74, 6) is -72.4. The average molecular weight is 952 g/mol. The van der Waals surface area contributed by atoms with Crippen LogP contribution in [0.4, 0.5) is 87.8 Å². The van der Waals surface area contributed by atoms with Crippen molar-refractivity contribution in [2.24, 2.45) is 0 Å². The number of halogens is 20. The second-order valence-electron chi connectivity index (χ2n) is 12.8. The zero-order valence-corrected chi connectivity index (χ0v) is 30.7. The molecule has 0 atom stereocenters. The van der Waals surface area contributed by atoms with Gasteiger partial charge in [0, 0.05) is 5.56 Å². The van der Waals surface area contributed by atoms with Crippen LogP contribution in [0, 0.1) is 116 Å². The van der Waals surface area contributed by atoms with Crippen LogP contribution in [0.3, 0.4) is 0 Å². The Kier molecular flexibility index (Phi) is 13.9. The first kappa shape index (κ1) is 48.8. The molecule has 0 aliphatic heterocycles. The maximum absolute atomic E-state index is 15.4. The molecule has 0 aliphatic rings. The third kappa shape index (κ3) is 8.13. The average Bonchev–Trinajstić information content (AvgIpc) is 3.29. The molecule has 0 fully saturated rings. The Labute approximate surface area is 346 Å². The number of Topliss-reactive ketones (excluding diaryl/α,β-unsaturated/α-hetero) is 1. The van der Waals surface area contributed by atoms with Crippen molar-refractivity contribution in [1.82, 2.24) is 4.98 Å². The topological polar surface area (TPSA) is 80.4 Å². The van der Waals surface area contributed by atoms with Crippen molar-refractivity contribution < 1.29 is 112 Å². The number of ketones is 1. The number of benzene rings is 5. The molecule has 0 saturated heterocycles. The summed E-state index contributed by atoms with van der Waals surface area (Å²) in [6.07, 6.45) is -2.77. The van der Waals surface area contributed by atoms with E-state index >= 15 is 35.1 Å². The normalized spacial score (nSPS) is 11.4. The minimum absolute atomic E-state index is 0.0570. The first-order chi connectivity index (χ1) is 30.4. The number of hydrogen-bond acceptors (Lipinski definition) is 4. The molecule has 1 heterocycles. The summed E-state index contributed by atoms with van der Waals surface area (Å²) in [6, 6.07) is 8.85. The largest absolute Gasteiger partial charge is 0.479 e. The lowest BCUT2D eigenvalue weighted by atomic mass is 9.12. The zero-order chi connectivity index (χ0) is 48.7. The monoisotopic (exact) mass is 952 g/mol. The van der Waals surface area contributed by atoms with E-state index in [-0.39, 0.29) is 18.2 Å².